The van der Waals surface area contributed by atoms with Crippen LogP contribution in [0.15, 0.2) is 0 Å². The largest absolute Gasteiger partial charge is 0.481 e. The van der Waals surface area contributed by atoms with Crippen LogP contribution in [0, 0.1) is 5.92 Å². The second-order valence-electron chi connectivity index (χ2n) is 4.96. The minimum atomic E-state index is -0.848. The lowest BCUT2D eigenvalue weighted by molar-refractivity contribution is -0.141. The first kappa shape index (κ1) is 12.4. The number of likely N-dealkylation sites (tertiary alicyclic amines) is 2. The molecule has 0 aromatic heterocycles. The molecule has 0 aliphatic carbocycles. The van der Waals surface area contributed by atoms with Gasteiger partial charge in [-0.3, -0.25) is 14.5 Å². The maximum absolute atomic E-state index is 11.7. The lowest BCUT2D eigenvalue weighted by atomic mass is 10.1. The van der Waals surface area contributed by atoms with Gasteiger partial charge in [0, 0.05) is 25.6 Å². The molecule has 2 aliphatic heterocycles. The van der Waals surface area contributed by atoms with Crippen molar-refractivity contribution >= 4 is 11.9 Å². The van der Waals surface area contributed by atoms with E-state index in [0.717, 1.165) is 19.5 Å². The zero-order valence-electron chi connectivity index (χ0n) is 10.3. The zero-order valence-corrected chi connectivity index (χ0v) is 10.3. The molecule has 5 heteroatoms. The Kier molecular flexibility index (Phi) is 3.66. The number of carbonyl (C=O) groups is 2. The highest BCUT2D eigenvalue weighted by Crippen LogP contribution is 2.23. The molecule has 2 atom stereocenters. The van der Waals surface area contributed by atoms with Gasteiger partial charge in [0.15, 0.2) is 0 Å². The molecule has 2 aliphatic rings. The Bertz CT molecular complexity index is 319. The van der Waals surface area contributed by atoms with Crippen molar-refractivity contribution in [1.29, 1.82) is 0 Å². The summed E-state index contributed by atoms with van der Waals surface area (Å²) >= 11 is 0. The molecule has 2 heterocycles. The minimum Gasteiger partial charge on any atom is -0.481 e. The van der Waals surface area contributed by atoms with E-state index in [4.69, 9.17) is 5.11 Å². The predicted molar refractivity (Wildman–Crippen MR) is 62.6 cm³/mol. The van der Waals surface area contributed by atoms with Crippen LogP contribution in [-0.4, -0.2) is 59.0 Å². The van der Waals surface area contributed by atoms with Gasteiger partial charge in [0.2, 0.25) is 5.91 Å². The van der Waals surface area contributed by atoms with Crippen LogP contribution in [0.4, 0.5) is 0 Å². The summed E-state index contributed by atoms with van der Waals surface area (Å²) in [6, 6.07) is 0.427. The van der Waals surface area contributed by atoms with Crippen molar-refractivity contribution in [2.75, 3.05) is 26.2 Å². The molecular weight excluding hydrogens is 220 g/mol. The Morgan fingerprint density at radius 2 is 2.29 bits per heavy atom. The number of carboxylic acids is 1. The third kappa shape index (κ3) is 2.60. The molecule has 0 spiro atoms. The van der Waals surface area contributed by atoms with Crippen molar-refractivity contribution in [3.8, 4) is 0 Å². The van der Waals surface area contributed by atoms with Gasteiger partial charge >= 0.3 is 5.97 Å². The first-order valence-electron chi connectivity index (χ1n) is 6.36. The van der Waals surface area contributed by atoms with Crippen LogP contribution < -0.4 is 0 Å². The molecule has 1 amide bonds. The van der Waals surface area contributed by atoms with E-state index in [2.05, 4.69) is 11.8 Å². The highest BCUT2D eigenvalue weighted by Gasteiger charge is 2.36. The highest BCUT2D eigenvalue weighted by molar-refractivity contribution is 5.86. The van der Waals surface area contributed by atoms with Crippen molar-refractivity contribution in [2.45, 2.75) is 32.2 Å². The molecular formula is C12H20N2O3. The van der Waals surface area contributed by atoms with E-state index in [1.165, 1.54) is 6.42 Å². The molecule has 2 rings (SSSR count). The van der Waals surface area contributed by atoms with E-state index in [-0.39, 0.29) is 12.3 Å². The van der Waals surface area contributed by atoms with Crippen molar-refractivity contribution in [3.63, 3.8) is 0 Å². The first-order chi connectivity index (χ1) is 8.11. The predicted octanol–water partition coefficient (Wildman–Crippen LogP) is 0.404. The van der Waals surface area contributed by atoms with Crippen LogP contribution in [0.2, 0.25) is 0 Å². The second-order valence-corrected chi connectivity index (χ2v) is 4.96. The average Bonchev–Trinajstić information content (AvgIpc) is 2.87. The van der Waals surface area contributed by atoms with Gasteiger partial charge in [-0.05, 0) is 25.9 Å². The Labute approximate surface area is 101 Å². The van der Waals surface area contributed by atoms with Gasteiger partial charge in [-0.2, -0.15) is 0 Å². The van der Waals surface area contributed by atoms with Crippen LogP contribution in [0.3, 0.4) is 0 Å². The summed E-state index contributed by atoms with van der Waals surface area (Å²) in [5, 5.41) is 8.92. The summed E-state index contributed by atoms with van der Waals surface area (Å²) < 4.78 is 0. The molecule has 0 saturated carbocycles. The summed E-state index contributed by atoms with van der Waals surface area (Å²) in [6.45, 7) is 5.34. The van der Waals surface area contributed by atoms with Gasteiger partial charge < -0.3 is 10.0 Å². The molecule has 1 N–H and O–H groups in total. The van der Waals surface area contributed by atoms with Crippen LogP contribution in [0.25, 0.3) is 0 Å². The van der Waals surface area contributed by atoms with E-state index < -0.39 is 11.9 Å². The summed E-state index contributed by atoms with van der Waals surface area (Å²) in [7, 11) is 0. The van der Waals surface area contributed by atoms with Crippen molar-refractivity contribution in [2.24, 2.45) is 5.92 Å². The molecule has 0 aromatic rings. The molecule has 0 aromatic carbocycles. The maximum atomic E-state index is 11.7. The van der Waals surface area contributed by atoms with E-state index in [1.807, 2.05) is 0 Å². The number of carboxylic acid groups (broad SMARTS) is 1. The van der Waals surface area contributed by atoms with Crippen molar-refractivity contribution < 1.29 is 14.7 Å². The van der Waals surface area contributed by atoms with Gasteiger partial charge in [0.1, 0.15) is 0 Å². The fraction of sp³-hybridized carbons (Fsp3) is 0.833. The fourth-order valence-corrected chi connectivity index (χ4v) is 2.89. The normalized spacial score (nSPS) is 30.2. The topological polar surface area (TPSA) is 60.9 Å². The Balaban J connectivity index is 1.91. The first-order valence-corrected chi connectivity index (χ1v) is 6.36. The molecule has 0 unspecified atom stereocenters. The summed E-state index contributed by atoms with van der Waals surface area (Å²) in [4.78, 5) is 26.7. The Morgan fingerprint density at radius 1 is 1.53 bits per heavy atom. The third-order valence-electron chi connectivity index (χ3n) is 3.90. The number of rotatable bonds is 4. The molecule has 96 valence electrons. The molecule has 0 radical (unpaired) electrons. The van der Waals surface area contributed by atoms with Gasteiger partial charge in [0.05, 0.1) is 5.92 Å². The second kappa shape index (κ2) is 5.04. The molecule has 2 fully saturated rings. The maximum Gasteiger partial charge on any atom is 0.308 e. The van der Waals surface area contributed by atoms with Crippen LogP contribution in [0.5, 0.6) is 0 Å². The number of hydrogen-bond acceptors (Lipinski definition) is 3. The quantitative estimate of drug-likeness (QED) is 0.773. The number of carbonyl (C=O) groups excluding carboxylic acids is 1. The Hall–Kier alpha value is -1.10. The number of amides is 1. The summed E-state index contributed by atoms with van der Waals surface area (Å²) in [5.74, 6) is -1.35. The molecule has 0 bridgehead atoms. The zero-order chi connectivity index (χ0) is 12.4. The summed E-state index contributed by atoms with van der Waals surface area (Å²) in [5.41, 5.74) is 0. The van der Waals surface area contributed by atoms with Crippen LogP contribution >= 0.6 is 0 Å². The molecule has 2 saturated heterocycles. The average molecular weight is 240 g/mol. The number of aliphatic carboxylic acids is 1. The van der Waals surface area contributed by atoms with Crippen LogP contribution in [0.1, 0.15) is 26.2 Å². The highest BCUT2D eigenvalue weighted by atomic mass is 16.4. The monoisotopic (exact) mass is 240 g/mol. The van der Waals surface area contributed by atoms with E-state index in [1.54, 1.807) is 4.90 Å². The van der Waals surface area contributed by atoms with E-state index in [0.29, 0.717) is 19.1 Å². The van der Waals surface area contributed by atoms with Crippen LogP contribution in [-0.2, 0) is 9.59 Å². The van der Waals surface area contributed by atoms with Crippen molar-refractivity contribution in [3.05, 3.63) is 0 Å². The van der Waals surface area contributed by atoms with E-state index in [9.17, 15) is 9.59 Å². The number of likely N-dealkylation sites (N-methyl/N-ethyl adjacent to an activating group) is 1. The van der Waals surface area contributed by atoms with Gasteiger partial charge in [-0.1, -0.05) is 6.92 Å². The van der Waals surface area contributed by atoms with E-state index >= 15 is 0 Å². The molecule has 17 heavy (non-hydrogen) atoms. The lowest BCUT2D eigenvalue weighted by Gasteiger charge is -2.27. The minimum absolute atomic E-state index is 0.000327. The smallest absolute Gasteiger partial charge is 0.308 e. The molecule has 5 nitrogen and oxygen atoms in total. The number of hydrogen-bond donors (Lipinski definition) is 1. The van der Waals surface area contributed by atoms with Crippen molar-refractivity contribution in [1.82, 2.24) is 9.80 Å². The van der Waals surface area contributed by atoms with Gasteiger partial charge in [0.25, 0.3) is 0 Å². The summed E-state index contributed by atoms with van der Waals surface area (Å²) in [6.07, 6.45) is 2.48. The standard InChI is InChI=1S/C12H20N2O3/c1-2-13-5-3-4-10(13)8-14-7-9(12(16)17)6-11(14)15/h9-10H,2-8H2,1H3,(H,16,17)/t9-,10+/m0/s1. The van der Waals surface area contributed by atoms with Gasteiger partial charge in [-0.25, -0.2) is 0 Å². The Morgan fingerprint density at radius 3 is 2.88 bits per heavy atom. The lowest BCUT2D eigenvalue weighted by Crippen LogP contribution is -2.41. The SMILES string of the molecule is CCN1CCC[C@@H]1CN1C[C@@H](C(=O)O)CC1=O. The number of nitrogens with zero attached hydrogens (tertiary/aromatic N) is 2. The van der Waals surface area contributed by atoms with Gasteiger partial charge in [-0.15, -0.1) is 0 Å². The third-order valence-corrected chi connectivity index (χ3v) is 3.90. The fourth-order valence-electron chi connectivity index (χ4n) is 2.89.